The van der Waals surface area contributed by atoms with Gasteiger partial charge in [-0.2, -0.15) is 0 Å². The smallest absolute Gasteiger partial charge is 0.244 e. The number of nitrogens with zero attached hydrogens (tertiary/aromatic N) is 2. The number of amides is 1. The molecule has 1 aromatic heterocycles. The lowest BCUT2D eigenvalue weighted by Gasteiger charge is -2.27. The molecule has 0 unspecified atom stereocenters. The third-order valence-electron chi connectivity index (χ3n) is 4.34. The summed E-state index contributed by atoms with van der Waals surface area (Å²) in [5, 5.41) is 2.69. The van der Waals surface area contributed by atoms with Crippen molar-refractivity contribution in [1.82, 2.24) is 10.3 Å². The molecule has 0 spiro atoms. The molecule has 1 saturated heterocycles. The Kier molecular flexibility index (Phi) is 6.25. The van der Waals surface area contributed by atoms with E-state index in [1.54, 1.807) is 18.3 Å². The number of benzene rings is 1. The maximum absolute atomic E-state index is 13.7. The van der Waals surface area contributed by atoms with Crippen molar-refractivity contribution >= 4 is 23.5 Å². The minimum atomic E-state index is -0.596. The van der Waals surface area contributed by atoms with Crippen molar-refractivity contribution in [2.24, 2.45) is 0 Å². The number of ether oxygens (including phenoxy) is 1. The van der Waals surface area contributed by atoms with E-state index in [1.165, 1.54) is 12.1 Å². The van der Waals surface area contributed by atoms with Gasteiger partial charge in [-0.05, 0) is 41.5 Å². The fourth-order valence-electron chi connectivity index (χ4n) is 2.79. The summed E-state index contributed by atoms with van der Waals surface area (Å²) in [7, 11) is 0. The van der Waals surface area contributed by atoms with E-state index < -0.39 is 5.82 Å². The van der Waals surface area contributed by atoms with Crippen LogP contribution in [0.1, 0.15) is 16.7 Å². The Hall–Kier alpha value is -3.37. The van der Waals surface area contributed by atoms with Gasteiger partial charge in [0.15, 0.2) is 0 Å². The Balaban J connectivity index is 1.55. The number of aromatic nitrogens is 1. The standard InChI is InChI=1S/C21H21FN4O2/c1-2-17-11-16(12-18(22)21(17)23)14-25-20(27)6-4-15-3-5-19(24-13-15)26-7-9-28-10-8-26/h1,3-6,11-13H,7-10,14,23H2,(H,25,27)/b6-4+. The van der Waals surface area contributed by atoms with Crippen molar-refractivity contribution in [1.29, 1.82) is 0 Å². The van der Waals surface area contributed by atoms with E-state index in [9.17, 15) is 9.18 Å². The van der Waals surface area contributed by atoms with E-state index in [0.717, 1.165) is 24.5 Å². The van der Waals surface area contributed by atoms with E-state index in [-0.39, 0.29) is 23.7 Å². The Morgan fingerprint density at radius 1 is 1.39 bits per heavy atom. The van der Waals surface area contributed by atoms with Gasteiger partial charge in [-0.25, -0.2) is 9.37 Å². The Morgan fingerprint density at radius 3 is 2.86 bits per heavy atom. The molecule has 1 aromatic carbocycles. The van der Waals surface area contributed by atoms with Crippen molar-refractivity contribution in [3.05, 3.63) is 59.0 Å². The van der Waals surface area contributed by atoms with Gasteiger partial charge in [-0.15, -0.1) is 6.42 Å². The average Bonchev–Trinajstić information content (AvgIpc) is 2.74. The van der Waals surface area contributed by atoms with Crippen LogP contribution < -0.4 is 16.0 Å². The molecule has 3 rings (SSSR count). The quantitative estimate of drug-likeness (QED) is 0.471. The highest BCUT2D eigenvalue weighted by atomic mass is 19.1. The van der Waals surface area contributed by atoms with E-state index in [2.05, 4.69) is 21.1 Å². The maximum Gasteiger partial charge on any atom is 0.244 e. The predicted octanol–water partition coefficient (Wildman–Crippen LogP) is 1.95. The van der Waals surface area contributed by atoms with Crippen molar-refractivity contribution < 1.29 is 13.9 Å². The van der Waals surface area contributed by atoms with Gasteiger partial charge >= 0.3 is 0 Å². The number of nitrogen functional groups attached to an aromatic ring is 1. The Bertz CT molecular complexity index is 913. The number of carbonyl (C=O) groups excluding carboxylic acids is 1. The van der Waals surface area contributed by atoms with E-state index >= 15 is 0 Å². The fraction of sp³-hybridized carbons (Fsp3) is 0.238. The third-order valence-corrected chi connectivity index (χ3v) is 4.34. The lowest BCUT2D eigenvalue weighted by atomic mass is 10.1. The second-order valence-electron chi connectivity index (χ2n) is 6.28. The number of rotatable bonds is 5. The van der Waals surface area contributed by atoms with Crippen LogP contribution in [0.5, 0.6) is 0 Å². The molecule has 6 nitrogen and oxygen atoms in total. The van der Waals surface area contributed by atoms with Crippen LogP contribution in [0.4, 0.5) is 15.9 Å². The van der Waals surface area contributed by atoms with Crippen molar-refractivity contribution in [3.63, 3.8) is 0 Å². The number of anilines is 2. The topological polar surface area (TPSA) is 80.5 Å². The summed E-state index contributed by atoms with van der Waals surface area (Å²) < 4.78 is 19.1. The monoisotopic (exact) mass is 380 g/mol. The van der Waals surface area contributed by atoms with E-state index in [0.29, 0.717) is 18.8 Å². The summed E-state index contributed by atoms with van der Waals surface area (Å²) in [5.74, 6) is 2.31. The Morgan fingerprint density at radius 2 is 2.18 bits per heavy atom. The number of carbonyl (C=O) groups is 1. The molecule has 0 saturated carbocycles. The molecule has 1 aliphatic heterocycles. The van der Waals surface area contributed by atoms with Crippen LogP contribution in [0, 0.1) is 18.2 Å². The highest BCUT2D eigenvalue weighted by Crippen LogP contribution is 2.18. The average molecular weight is 380 g/mol. The first-order valence-corrected chi connectivity index (χ1v) is 8.86. The van der Waals surface area contributed by atoms with Gasteiger partial charge in [0.25, 0.3) is 0 Å². The molecule has 1 fully saturated rings. The van der Waals surface area contributed by atoms with E-state index in [4.69, 9.17) is 16.9 Å². The molecular formula is C21H21FN4O2. The molecule has 0 aliphatic carbocycles. The van der Waals surface area contributed by atoms with Crippen LogP contribution in [0.3, 0.4) is 0 Å². The summed E-state index contributed by atoms with van der Waals surface area (Å²) in [6, 6.07) is 6.66. The largest absolute Gasteiger partial charge is 0.395 e. The van der Waals surface area contributed by atoms with E-state index in [1.807, 2.05) is 12.1 Å². The number of nitrogens with two attached hydrogens (primary N) is 1. The highest BCUT2D eigenvalue weighted by Gasteiger charge is 2.11. The maximum atomic E-state index is 13.7. The minimum Gasteiger partial charge on any atom is -0.395 e. The molecule has 0 bridgehead atoms. The van der Waals surface area contributed by atoms with Crippen LogP contribution in [0.15, 0.2) is 36.5 Å². The van der Waals surface area contributed by atoms with Gasteiger partial charge in [0.2, 0.25) is 5.91 Å². The predicted molar refractivity (Wildman–Crippen MR) is 107 cm³/mol. The van der Waals surface area contributed by atoms with Crippen LogP contribution >= 0.6 is 0 Å². The van der Waals surface area contributed by atoms with Crippen molar-refractivity contribution in [3.8, 4) is 12.3 Å². The normalized spacial score (nSPS) is 14.1. The van der Waals surface area contributed by atoms with Gasteiger partial charge in [0, 0.05) is 31.9 Å². The summed E-state index contributed by atoms with van der Waals surface area (Å²) >= 11 is 0. The highest BCUT2D eigenvalue weighted by molar-refractivity contribution is 5.91. The first-order valence-electron chi connectivity index (χ1n) is 8.86. The first kappa shape index (κ1) is 19.4. The molecule has 1 amide bonds. The number of terminal acetylenes is 1. The van der Waals surface area contributed by atoms with Crippen LogP contribution in [0.25, 0.3) is 6.08 Å². The molecule has 144 valence electrons. The van der Waals surface area contributed by atoms with Gasteiger partial charge in [-0.1, -0.05) is 5.92 Å². The summed E-state index contributed by atoms with van der Waals surface area (Å²) in [6.45, 7) is 3.17. The molecule has 1 aliphatic rings. The zero-order valence-electron chi connectivity index (χ0n) is 15.3. The minimum absolute atomic E-state index is 0.0644. The molecule has 3 N–H and O–H groups in total. The van der Waals surface area contributed by atoms with Crippen LogP contribution in [-0.2, 0) is 16.1 Å². The molecule has 0 radical (unpaired) electrons. The second-order valence-corrected chi connectivity index (χ2v) is 6.28. The van der Waals surface area contributed by atoms with Crippen LogP contribution in [0.2, 0.25) is 0 Å². The van der Waals surface area contributed by atoms with Gasteiger partial charge < -0.3 is 20.7 Å². The number of pyridine rings is 1. The molecule has 2 aromatic rings. The molecule has 28 heavy (non-hydrogen) atoms. The lowest BCUT2D eigenvalue weighted by molar-refractivity contribution is -0.116. The van der Waals surface area contributed by atoms with Crippen LogP contribution in [-0.4, -0.2) is 37.2 Å². The van der Waals surface area contributed by atoms with Gasteiger partial charge in [-0.3, -0.25) is 4.79 Å². The fourth-order valence-corrected chi connectivity index (χ4v) is 2.79. The molecule has 2 heterocycles. The lowest BCUT2D eigenvalue weighted by Crippen LogP contribution is -2.36. The van der Waals surface area contributed by atoms with Gasteiger partial charge in [0.1, 0.15) is 11.6 Å². The SMILES string of the molecule is C#Cc1cc(CNC(=O)/C=C/c2ccc(N3CCOCC3)nc2)cc(F)c1N. The third kappa shape index (κ3) is 4.87. The first-order chi connectivity index (χ1) is 13.6. The summed E-state index contributed by atoms with van der Waals surface area (Å²) in [6.07, 6.45) is 10.1. The number of hydrogen-bond acceptors (Lipinski definition) is 5. The number of nitrogens with one attached hydrogen (secondary N) is 1. The summed E-state index contributed by atoms with van der Waals surface area (Å²) in [4.78, 5) is 18.6. The zero-order valence-corrected chi connectivity index (χ0v) is 15.3. The van der Waals surface area contributed by atoms with Crippen molar-refractivity contribution in [2.45, 2.75) is 6.54 Å². The second kappa shape index (κ2) is 9.02. The molecule has 0 atom stereocenters. The number of hydrogen-bond donors (Lipinski definition) is 2. The number of halogens is 1. The Labute approximate surface area is 163 Å². The zero-order chi connectivity index (χ0) is 19.9. The van der Waals surface area contributed by atoms with Gasteiger partial charge in [0.05, 0.1) is 24.5 Å². The molecular weight excluding hydrogens is 359 g/mol. The van der Waals surface area contributed by atoms with Crippen molar-refractivity contribution in [2.75, 3.05) is 36.9 Å². The molecule has 7 heteroatoms. The number of morpholine rings is 1. The summed E-state index contributed by atoms with van der Waals surface area (Å²) in [5.41, 5.74) is 7.11.